The van der Waals surface area contributed by atoms with Crippen molar-refractivity contribution < 1.29 is 0 Å². The number of rotatable bonds is 1. The van der Waals surface area contributed by atoms with Gasteiger partial charge in [0.2, 0.25) is 0 Å². The van der Waals surface area contributed by atoms with Crippen LogP contribution in [0.1, 0.15) is 59.8 Å². The van der Waals surface area contributed by atoms with Gasteiger partial charge in [0.15, 0.2) is 0 Å². The highest BCUT2D eigenvalue weighted by atomic mass is 14.2. The van der Waals surface area contributed by atoms with Gasteiger partial charge in [0, 0.05) is 0 Å². The summed E-state index contributed by atoms with van der Waals surface area (Å²) in [6, 6.07) is 0. The average Bonchev–Trinajstić information content (AvgIpc) is 2.16. The average molecular weight is 206 g/mol. The zero-order chi connectivity index (χ0) is 11.3. The second-order valence-corrected chi connectivity index (χ2v) is 5.40. The fourth-order valence-corrected chi connectivity index (χ4v) is 2.32. The molecule has 86 valence electrons. The molecule has 0 fully saturated rings. The summed E-state index contributed by atoms with van der Waals surface area (Å²) in [6.45, 7) is 9.27. The molecule has 1 unspecified atom stereocenters. The Morgan fingerprint density at radius 2 is 1.87 bits per heavy atom. The monoisotopic (exact) mass is 206 g/mol. The van der Waals surface area contributed by atoms with E-state index in [2.05, 4.69) is 39.8 Å². The van der Waals surface area contributed by atoms with Crippen molar-refractivity contribution in [3.8, 4) is 0 Å². The first kappa shape index (κ1) is 12.5. The Hall–Kier alpha value is -0.520. The van der Waals surface area contributed by atoms with Gasteiger partial charge in [0.05, 0.1) is 0 Å². The summed E-state index contributed by atoms with van der Waals surface area (Å²) in [6.07, 6.45) is 11.5. The largest absolute Gasteiger partial charge is 0.0853 e. The van der Waals surface area contributed by atoms with Crippen molar-refractivity contribution in [2.24, 2.45) is 11.8 Å². The van der Waals surface area contributed by atoms with Crippen LogP contribution >= 0.6 is 0 Å². The molecule has 0 saturated carbocycles. The molecule has 0 N–H and O–H groups in total. The van der Waals surface area contributed by atoms with Crippen molar-refractivity contribution in [1.29, 1.82) is 0 Å². The minimum Gasteiger partial charge on any atom is -0.0853 e. The summed E-state index contributed by atoms with van der Waals surface area (Å²) in [5.41, 5.74) is 3.17. The Morgan fingerprint density at radius 1 is 1.13 bits per heavy atom. The van der Waals surface area contributed by atoms with Crippen molar-refractivity contribution in [3.05, 3.63) is 23.3 Å². The second-order valence-electron chi connectivity index (χ2n) is 5.40. The predicted molar refractivity (Wildman–Crippen MR) is 68.9 cm³/mol. The van der Waals surface area contributed by atoms with Gasteiger partial charge in [-0.1, -0.05) is 37.1 Å². The second kappa shape index (κ2) is 6.15. The quantitative estimate of drug-likeness (QED) is 0.523. The van der Waals surface area contributed by atoms with Gasteiger partial charge in [-0.05, 0) is 57.8 Å². The van der Waals surface area contributed by atoms with Crippen LogP contribution in [0.5, 0.6) is 0 Å². The first-order valence-corrected chi connectivity index (χ1v) is 6.42. The van der Waals surface area contributed by atoms with Crippen molar-refractivity contribution in [2.45, 2.75) is 59.8 Å². The maximum atomic E-state index is 2.53. The molecule has 1 aliphatic carbocycles. The van der Waals surface area contributed by atoms with Gasteiger partial charge >= 0.3 is 0 Å². The maximum Gasteiger partial charge on any atom is -0.0208 e. The van der Waals surface area contributed by atoms with E-state index in [0.717, 1.165) is 11.8 Å². The molecule has 15 heavy (non-hydrogen) atoms. The van der Waals surface area contributed by atoms with Crippen LogP contribution in [0.15, 0.2) is 23.3 Å². The molecule has 1 rings (SSSR count). The summed E-state index contributed by atoms with van der Waals surface area (Å²) >= 11 is 0. The summed E-state index contributed by atoms with van der Waals surface area (Å²) in [5, 5.41) is 0. The van der Waals surface area contributed by atoms with E-state index < -0.39 is 0 Å². The van der Waals surface area contributed by atoms with Crippen LogP contribution < -0.4 is 0 Å². The molecule has 0 radical (unpaired) electrons. The first-order valence-electron chi connectivity index (χ1n) is 6.42. The Morgan fingerprint density at radius 3 is 2.53 bits per heavy atom. The Labute approximate surface area is 95.5 Å². The zero-order valence-corrected chi connectivity index (χ0v) is 10.8. The van der Waals surface area contributed by atoms with Gasteiger partial charge in [-0.15, -0.1) is 0 Å². The molecule has 0 saturated heterocycles. The lowest BCUT2D eigenvalue weighted by molar-refractivity contribution is 0.421. The minimum atomic E-state index is 0.795. The molecule has 0 aromatic heterocycles. The molecule has 1 atom stereocenters. The van der Waals surface area contributed by atoms with E-state index in [1.165, 1.54) is 32.1 Å². The van der Waals surface area contributed by atoms with Gasteiger partial charge in [-0.3, -0.25) is 0 Å². The third-order valence-corrected chi connectivity index (χ3v) is 3.49. The van der Waals surface area contributed by atoms with Crippen molar-refractivity contribution in [2.75, 3.05) is 0 Å². The maximum absolute atomic E-state index is 2.53. The van der Waals surface area contributed by atoms with Crippen LogP contribution in [-0.2, 0) is 0 Å². The molecule has 0 bridgehead atoms. The van der Waals surface area contributed by atoms with Crippen LogP contribution in [-0.4, -0.2) is 0 Å². The van der Waals surface area contributed by atoms with Gasteiger partial charge in [-0.25, -0.2) is 0 Å². The minimum absolute atomic E-state index is 0.795. The van der Waals surface area contributed by atoms with Crippen LogP contribution in [0.4, 0.5) is 0 Å². The molecular formula is C15H26. The third-order valence-electron chi connectivity index (χ3n) is 3.49. The molecule has 0 heteroatoms. The third kappa shape index (κ3) is 4.68. The Balaban J connectivity index is 2.66. The van der Waals surface area contributed by atoms with Gasteiger partial charge in [0.25, 0.3) is 0 Å². The zero-order valence-electron chi connectivity index (χ0n) is 10.8. The SMILES string of the molecule is CC1=CC(C(C)C)CCCC(C)=CCC1. The number of allylic oxidation sites excluding steroid dienone is 4. The first-order chi connectivity index (χ1) is 7.09. The Kier molecular flexibility index (Phi) is 5.14. The number of hydrogen-bond acceptors (Lipinski definition) is 0. The molecule has 0 heterocycles. The molecule has 0 nitrogen and oxygen atoms in total. The van der Waals surface area contributed by atoms with Crippen molar-refractivity contribution in [3.63, 3.8) is 0 Å². The summed E-state index contributed by atoms with van der Waals surface area (Å²) in [4.78, 5) is 0. The number of hydrogen-bond donors (Lipinski definition) is 0. The smallest absolute Gasteiger partial charge is 0.0208 e. The van der Waals surface area contributed by atoms with Gasteiger partial charge in [-0.2, -0.15) is 0 Å². The van der Waals surface area contributed by atoms with Gasteiger partial charge < -0.3 is 0 Å². The van der Waals surface area contributed by atoms with Crippen LogP contribution in [0.2, 0.25) is 0 Å². The molecule has 0 aromatic rings. The van der Waals surface area contributed by atoms with Crippen molar-refractivity contribution >= 4 is 0 Å². The van der Waals surface area contributed by atoms with Gasteiger partial charge in [0.1, 0.15) is 0 Å². The summed E-state index contributed by atoms with van der Waals surface area (Å²) < 4.78 is 0. The predicted octanol–water partition coefficient (Wildman–Crippen LogP) is 5.12. The topological polar surface area (TPSA) is 0 Å². The normalized spacial score (nSPS) is 24.7. The standard InChI is InChI=1S/C15H26/c1-12(2)15-10-6-8-13(3)7-5-9-14(4)11-15/h7,11-12,15H,5-6,8-10H2,1-4H3. The molecular weight excluding hydrogens is 180 g/mol. The fourth-order valence-electron chi connectivity index (χ4n) is 2.32. The van der Waals surface area contributed by atoms with E-state index in [9.17, 15) is 0 Å². The summed E-state index contributed by atoms with van der Waals surface area (Å²) in [5.74, 6) is 1.60. The van der Waals surface area contributed by atoms with Crippen LogP contribution in [0.3, 0.4) is 0 Å². The van der Waals surface area contributed by atoms with E-state index in [1.54, 1.807) is 11.1 Å². The molecule has 0 spiro atoms. The van der Waals surface area contributed by atoms with E-state index in [1.807, 2.05) is 0 Å². The molecule has 0 aromatic carbocycles. The molecule has 1 aliphatic rings. The highest BCUT2D eigenvalue weighted by molar-refractivity contribution is 5.07. The van der Waals surface area contributed by atoms with Crippen LogP contribution in [0.25, 0.3) is 0 Å². The Bertz CT molecular complexity index is 243. The van der Waals surface area contributed by atoms with Crippen molar-refractivity contribution in [1.82, 2.24) is 0 Å². The summed E-state index contributed by atoms with van der Waals surface area (Å²) in [7, 11) is 0. The van der Waals surface area contributed by atoms with E-state index in [0.29, 0.717) is 0 Å². The highest BCUT2D eigenvalue weighted by Gasteiger charge is 2.11. The van der Waals surface area contributed by atoms with E-state index in [-0.39, 0.29) is 0 Å². The van der Waals surface area contributed by atoms with E-state index >= 15 is 0 Å². The molecule has 0 amide bonds. The fraction of sp³-hybridized carbons (Fsp3) is 0.733. The lowest BCUT2D eigenvalue weighted by atomic mass is 9.87. The lowest BCUT2D eigenvalue weighted by Crippen LogP contribution is -2.07. The highest BCUT2D eigenvalue weighted by Crippen LogP contribution is 2.25. The van der Waals surface area contributed by atoms with E-state index in [4.69, 9.17) is 0 Å². The molecule has 0 aliphatic heterocycles. The lowest BCUT2D eigenvalue weighted by Gasteiger charge is -2.19. The van der Waals surface area contributed by atoms with Crippen LogP contribution in [0, 0.1) is 11.8 Å².